The molecule has 0 aliphatic rings. The zero-order chi connectivity index (χ0) is 20.4. The molecule has 2 amide bonds. The highest BCUT2D eigenvalue weighted by Gasteiger charge is 2.22. The van der Waals surface area contributed by atoms with Crippen molar-refractivity contribution in [3.63, 3.8) is 0 Å². The van der Waals surface area contributed by atoms with Crippen LogP contribution in [0.15, 0.2) is 71.2 Å². The number of anilines is 1. The number of carbonyl (C=O) groups is 2. The molecule has 0 atom stereocenters. The van der Waals surface area contributed by atoms with Gasteiger partial charge in [-0.2, -0.15) is 0 Å². The first-order valence-electron chi connectivity index (χ1n) is 8.99. The van der Waals surface area contributed by atoms with Crippen LogP contribution in [0.2, 0.25) is 0 Å². The van der Waals surface area contributed by atoms with E-state index < -0.39 is 5.91 Å². The van der Waals surface area contributed by atoms with Crippen LogP contribution in [0.5, 0.6) is 0 Å². The van der Waals surface area contributed by atoms with Crippen molar-refractivity contribution >= 4 is 45.2 Å². The Morgan fingerprint density at radius 1 is 1.07 bits per heavy atom. The number of furan rings is 1. The lowest BCUT2D eigenvalue weighted by molar-refractivity contribution is -0.111. The summed E-state index contributed by atoms with van der Waals surface area (Å²) in [7, 11) is 0. The minimum Gasteiger partial charge on any atom is -0.457 e. The van der Waals surface area contributed by atoms with Crippen molar-refractivity contribution in [2.24, 2.45) is 5.73 Å². The van der Waals surface area contributed by atoms with E-state index >= 15 is 0 Å². The number of primary amides is 1. The fourth-order valence-corrected chi connectivity index (χ4v) is 4.30. The Morgan fingerprint density at radius 2 is 1.79 bits per heavy atom. The molecule has 0 saturated carbocycles. The summed E-state index contributed by atoms with van der Waals surface area (Å²) < 4.78 is 5.67. The van der Waals surface area contributed by atoms with Crippen LogP contribution >= 0.6 is 11.3 Å². The average Bonchev–Trinajstić information content (AvgIpc) is 3.27. The Bertz CT molecular complexity index is 1200. The standard InChI is InChI=1S/C23H18N2O3S/c1-14-20(15-7-3-2-4-8-15)21(22(24)27)23(29-14)25-19(26)12-11-17-13-16-9-5-6-10-18(16)28-17/h2-13H,1H3,(H2,24,27)(H,25,26)/b12-11+. The molecule has 0 unspecified atom stereocenters. The van der Waals surface area contributed by atoms with Gasteiger partial charge < -0.3 is 15.5 Å². The smallest absolute Gasteiger partial charge is 0.252 e. The molecule has 5 nitrogen and oxygen atoms in total. The summed E-state index contributed by atoms with van der Waals surface area (Å²) in [5, 5.41) is 4.18. The van der Waals surface area contributed by atoms with E-state index in [9.17, 15) is 9.59 Å². The SMILES string of the molecule is Cc1sc(NC(=O)/C=C/c2cc3ccccc3o2)c(C(N)=O)c1-c1ccccc1. The van der Waals surface area contributed by atoms with Gasteiger partial charge in [0, 0.05) is 21.9 Å². The van der Waals surface area contributed by atoms with Gasteiger partial charge in [-0.15, -0.1) is 11.3 Å². The Hall–Kier alpha value is -3.64. The summed E-state index contributed by atoms with van der Waals surface area (Å²) in [6.45, 7) is 1.90. The highest BCUT2D eigenvalue weighted by molar-refractivity contribution is 7.17. The Balaban J connectivity index is 1.60. The van der Waals surface area contributed by atoms with E-state index in [0.717, 1.165) is 27.0 Å². The van der Waals surface area contributed by atoms with Crippen molar-refractivity contribution in [2.45, 2.75) is 6.92 Å². The van der Waals surface area contributed by atoms with E-state index in [1.165, 1.54) is 17.4 Å². The van der Waals surface area contributed by atoms with Crippen LogP contribution in [0.4, 0.5) is 5.00 Å². The third kappa shape index (κ3) is 3.83. The minimum atomic E-state index is -0.579. The number of thiophene rings is 1. The molecule has 4 rings (SSSR count). The van der Waals surface area contributed by atoms with Crippen LogP contribution in [0, 0.1) is 6.92 Å². The summed E-state index contributed by atoms with van der Waals surface area (Å²) in [6.07, 6.45) is 2.97. The first kappa shape index (κ1) is 18.7. The fraction of sp³-hybridized carbons (Fsp3) is 0.0435. The molecule has 2 heterocycles. The lowest BCUT2D eigenvalue weighted by Gasteiger charge is -2.05. The summed E-state index contributed by atoms with van der Waals surface area (Å²) in [6, 6.07) is 19.0. The average molecular weight is 402 g/mol. The molecule has 144 valence electrons. The predicted molar refractivity (Wildman–Crippen MR) is 117 cm³/mol. The van der Waals surface area contributed by atoms with Crippen molar-refractivity contribution in [2.75, 3.05) is 5.32 Å². The fourth-order valence-electron chi connectivity index (χ4n) is 3.22. The molecule has 0 radical (unpaired) electrons. The second-order valence-electron chi connectivity index (χ2n) is 6.48. The summed E-state index contributed by atoms with van der Waals surface area (Å²) in [4.78, 5) is 25.5. The molecule has 0 aliphatic heterocycles. The Labute approximate surface area is 171 Å². The highest BCUT2D eigenvalue weighted by atomic mass is 32.1. The van der Waals surface area contributed by atoms with Crippen LogP contribution in [-0.4, -0.2) is 11.8 Å². The number of carbonyl (C=O) groups excluding carboxylic acids is 2. The molecular formula is C23H18N2O3S. The predicted octanol–water partition coefficient (Wildman–Crippen LogP) is 5.22. The van der Waals surface area contributed by atoms with E-state index in [0.29, 0.717) is 16.3 Å². The second kappa shape index (κ2) is 7.77. The zero-order valence-electron chi connectivity index (χ0n) is 15.6. The maximum atomic E-state index is 12.4. The monoisotopic (exact) mass is 402 g/mol. The number of hydrogen-bond acceptors (Lipinski definition) is 4. The van der Waals surface area contributed by atoms with Crippen molar-refractivity contribution in [1.82, 2.24) is 0 Å². The van der Waals surface area contributed by atoms with Gasteiger partial charge in [-0.1, -0.05) is 48.5 Å². The number of para-hydroxylation sites is 1. The number of amides is 2. The van der Waals surface area contributed by atoms with Gasteiger partial charge in [-0.05, 0) is 30.7 Å². The van der Waals surface area contributed by atoms with E-state index in [2.05, 4.69) is 5.32 Å². The molecule has 3 N–H and O–H groups in total. The van der Waals surface area contributed by atoms with Gasteiger partial charge in [0.2, 0.25) is 5.91 Å². The first-order chi connectivity index (χ1) is 14.0. The number of aryl methyl sites for hydroxylation is 1. The molecule has 0 spiro atoms. The number of nitrogens with one attached hydrogen (secondary N) is 1. The molecule has 2 aromatic carbocycles. The second-order valence-corrected chi connectivity index (χ2v) is 7.70. The van der Waals surface area contributed by atoms with Crippen LogP contribution in [0.1, 0.15) is 21.0 Å². The minimum absolute atomic E-state index is 0.323. The third-order valence-electron chi connectivity index (χ3n) is 4.47. The van der Waals surface area contributed by atoms with Crippen LogP contribution < -0.4 is 11.1 Å². The number of fused-ring (bicyclic) bond motifs is 1. The van der Waals surface area contributed by atoms with Gasteiger partial charge in [-0.3, -0.25) is 9.59 Å². The van der Waals surface area contributed by atoms with Gasteiger partial charge >= 0.3 is 0 Å². The number of hydrogen-bond donors (Lipinski definition) is 2. The van der Waals surface area contributed by atoms with E-state index in [1.54, 1.807) is 6.08 Å². The van der Waals surface area contributed by atoms with E-state index in [-0.39, 0.29) is 5.91 Å². The normalized spacial score (nSPS) is 11.2. The van der Waals surface area contributed by atoms with Crippen molar-refractivity contribution in [1.29, 1.82) is 0 Å². The molecule has 2 aromatic heterocycles. The number of nitrogens with two attached hydrogens (primary N) is 1. The zero-order valence-corrected chi connectivity index (χ0v) is 16.5. The van der Waals surface area contributed by atoms with Gasteiger partial charge in [0.1, 0.15) is 16.3 Å². The molecular weight excluding hydrogens is 384 g/mol. The van der Waals surface area contributed by atoms with Crippen molar-refractivity contribution < 1.29 is 14.0 Å². The summed E-state index contributed by atoms with van der Waals surface area (Å²) >= 11 is 1.33. The largest absolute Gasteiger partial charge is 0.457 e. The highest BCUT2D eigenvalue weighted by Crippen LogP contribution is 2.39. The van der Waals surface area contributed by atoms with Gasteiger partial charge in [-0.25, -0.2) is 0 Å². The first-order valence-corrected chi connectivity index (χ1v) is 9.81. The van der Waals surface area contributed by atoms with Crippen molar-refractivity contribution in [3.8, 4) is 11.1 Å². The lowest BCUT2D eigenvalue weighted by Crippen LogP contribution is -2.16. The molecule has 0 saturated heterocycles. The Morgan fingerprint density at radius 3 is 2.52 bits per heavy atom. The van der Waals surface area contributed by atoms with Crippen LogP contribution in [0.25, 0.3) is 28.2 Å². The van der Waals surface area contributed by atoms with E-state index in [4.69, 9.17) is 10.2 Å². The molecule has 0 fully saturated rings. The van der Waals surface area contributed by atoms with Crippen LogP contribution in [0.3, 0.4) is 0 Å². The van der Waals surface area contributed by atoms with Gasteiger partial charge in [0.25, 0.3) is 5.91 Å². The van der Waals surface area contributed by atoms with Gasteiger partial charge in [0.05, 0.1) is 5.56 Å². The maximum absolute atomic E-state index is 12.4. The summed E-state index contributed by atoms with van der Waals surface area (Å²) in [5.74, 6) is -0.373. The number of benzene rings is 2. The topological polar surface area (TPSA) is 85.3 Å². The molecule has 29 heavy (non-hydrogen) atoms. The lowest BCUT2D eigenvalue weighted by atomic mass is 10.0. The number of rotatable bonds is 5. The quantitative estimate of drug-likeness (QED) is 0.449. The maximum Gasteiger partial charge on any atom is 0.252 e. The molecule has 0 aliphatic carbocycles. The Kier molecular flexibility index (Phi) is 5.01. The van der Waals surface area contributed by atoms with Crippen LogP contribution in [-0.2, 0) is 4.79 Å². The molecule has 6 heteroatoms. The third-order valence-corrected chi connectivity index (χ3v) is 5.49. The van der Waals surface area contributed by atoms with Crippen molar-refractivity contribution in [3.05, 3.63) is 82.9 Å². The molecule has 4 aromatic rings. The summed E-state index contributed by atoms with van der Waals surface area (Å²) in [5.41, 5.74) is 8.34. The van der Waals surface area contributed by atoms with Gasteiger partial charge in [0.15, 0.2) is 0 Å². The molecule has 0 bridgehead atoms. The van der Waals surface area contributed by atoms with E-state index in [1.807, 2.05) is 67.6 Å².